The molecule has 1 aromatic carbocycles. The summed E-state index contributed by atoms with van der Waals surface area (Å²) >= 11 is 0. The van der Waals surface area contributed by atoms with Crippen LogP contribution in [0.15, 0.2) is 42.6 Å². The number of aliphatic hydroxyl groups excluding tert-OH is 1. The van der Waals surface area contributed by atoms with Crippen molar-refractivity contribution < 1.29 is 41.0 Å². The molecule has 4 rings (SSSR count). The zero-order valence-corrected chi connectivity index (χ0v) is 18.5. The first kappa shape index (κ1) is 25.5. The fourth-order valence-corrected chi connectivity index (χ4v) is 4.13. The van der Waals surface area contributed by atoms with E-state index in [1.54, 1.807) is 0 Å². The van der Waals surface area contributed by atoms with Crippen molar-refractivity contribution in [3.05, 3.63) is 54.0 Å². The van der Waals surface area contributed by atoms with Crippen molar-refractivity contribution in [2.75, 3.05) is 5.73 Å². The molecule has 0 aliphatic carbocycles. The molecule has 3 heterocycles. The number of esters is 1. The molecule has 0 spiro atoms. The molecular weight excluding hydrogens is 494 g/mol. The first-order valence-corrected chi connectivity index (χ1v) is 10.8. The predicted molar refractivity (Wildman–Crippen MR) is 115 cm³/mol. The second-order valence-electron chi connectivity index (χ2n) is 8.32. The number of aliphatic hydroxyl groups is 1. The molecule has 1 aliphatic rings. The Hall–Kier alpha value is -3.61. The highest BCUT2D eigenvalue weighted by Gasteiger charge is 2.40. The van der Waals surface area contributed by atoms with Gasteiger partial charge in [-0.15, -0.1) is 0 Å². The Labute approximate surface area is 200 Å². The molecular formula is C23H20F6N4O3. The monoisotopic (exact) mass is 514 g/mol. The maximum atomic E-state index is 14.1. The van der Waals surface area contributed by atoms with Gasteiger partial charge in [0, 0.05) is 36.7 Å². The third-order valence-electron chi connectivity index (χ3n) is 5.65. The van der Waals surface area contributed by atoms with E-state index in [0.29, 0.717) is 0 Å². The van der Waals surface area contributed by atoms with Crippen LogP contribution in [0.3, 0.4) is 0 Å². The summed E-state index contributed by atoms with van der Waals surface area (Å²) in [4.78, 5) is 19.2. The molecule has 2 atom stereocenters. The lowest BCUT2D eigenvalue weighted by Gasteiger charge is -2.26. The summed E-state index contributed by atoms with van der Waals surface area (Å²) in [6.45, 7) is -0.404. The maximum Gasteiger partial charge on any atom is 0.449 e. The summed E-state index contributed by atoms with van der Waals surface area (Å²) < 4.78 is 88.4. The highest BCUT2D eigenvalue weighted by Crippen LogP contribution is 2.41. The number of aromatic nitrogens is 3. The number of anilines is 1. The van der Waals surface area contributed by atoms with Crippen LogP contribution < -0.4 is 5.73 Å². The Morgan fingerprint density at radius 1 is 1.08 bits per heavy atom. The van der Waals surface area contributed by atoms with Gasteiger partial charge < -0.3 is 20.1 Å². The molecule has 0 bridgehead atoms. The van der Waals surface area contributed by atoms with Gasteiger partial charge in [0.05, 0.1) is 29.5 Å². The number of imidazole rings is 1. The van der Waals surface area contributed by atoms with Gasteiger partial charge in [0.25, 0.3) is 0 Å². The fourth-order valence-electron chi connectivity index (χ4n) is 4.13. The number of nitrogens with zero attached hydrogens (tertiary/aromatic N) is 3. The molecule has 1 aliphatic heterocycles. The van der Waals surface area contributed by atoms with Crippen LogP contribution in [0.2, 0.25) is 0 Å². The highest BCUT2D eigenvalue weighted by atomic mass is 19.4. The number of benzene rings is 1. The Morgan fingerprint density at radius 2 is 1.83 bits per heavy atom. The second-order valence-corrected chi connectivity index (χ2v) is 8.32. The topological polar surface area (TPSA) is 103 Å². The summed E-state index contributed by atoms with van der Waals surface area (Å²) in [5.74, 6) is -2.05. The van der Waals surface area contributed by atoms with Gasteiger partial charge in [0.2, 0.25) is 5.82 Å². The van der Waals surface area contributed by atoms with Gasteiger partial charge in [-0.3, -0.25) is 4.79 Å². The summed E-state index contributed by atoms with van der Waals surface area (Å²) in [5.41, 5.74) is 4.15. The molecule has 0 amide bonds. The minimum atomic E-state index is -4.96. The van der Waals surface area contributed by atoms with Crippen LogP contribution in [-0.2, 0) is 28.4 Å². The number of halogens is 6. The molecule has 0 saturated carbocycles. The zero-order chi connectivity index (χ0) is 26.3. The third-order valence-corrected chi connectivity index (χ3v) is 5.65. The molecule has 0 radical (unpaired) electrons. The lowest BCUT2D eigenvalue weighted by Crippen LogP contribution is -2.33. The number of hydrogen-bond acceptors (Lipinski definition) is 6. The molecule has 0 unspecified atom stereocenters. The fraction of sp³-hybridized carbons (Fsp3) is 0.348. The van der Waals surface area contributed by atoms with Crippen LogP contribution in [0, 0.1) is 0 Å². The van der Waals surface area contributed by atoms with Crippen molar-refractivity contribution in [2.24, 2.45) is 0 Å². The number of cyclic esters (lactones) is 1. The number of rotatable bonds is 5. The average molecular weight is 514 g/mol. The largest absolute Gasteiger partial charge is 0.462 e. The van der Waals surface area contributed by atoms with E-state index in [1.807, 2.05) is 0 Å². The minimum Gasteiger partial charge on any atom is -0.462 e. The summed E-state index contributed by atoms with van der Waals surface area (Å²) in [6.07, 6.45) is -10.7. The Bertz CT molecular complexity index is 1270. The Balaban J connectivity index is 1.88. The second kappa shape index (κ2) is 9.45. The number of nitrogen functional groups attached to an aromatic ring is 1. The molecule has 192 valence electrons. The minimum absolute atomic E-state index is 0.0197. The van der Waals surface area contributed by atoms with Crippen molar-refractivity contribution in [3.63, 3.8) is 0 Å². The van der Waals surface area contributed by atoms with Crippen LogP contribution >= 0.6 is 0 Å². The first-order chi connectivity index (χ1) is 16.8. The predicted octanol–water partition coefficient (Wildman–Crippen LogP) is 4.69. The molecule has 1 saturated heterocycles. The Kier molecular flexibility index (Phi) is 6.69. The van der Waals surface area contributed by atoms with Gasteiger partial charge in [0.15, 0.2) is 0 Å². The van der Waals surface area contributed by atoms with Crippen molar-refractivity contribution in [3.8, 4) is 22.5 Å². The zero-order valence-electron chi connectivity index (χ0n) is 18.5. The average Bonchev–Trinajstić information content (AvgIpc) is 3.17. The van der Waals surface area contributed by atoms with Crippen molar-refractivity contribution in [2.45, 2.75) is 50.4 Å². The highest BCUT2D eigenvalue weighted by molar-refractivity contribution is 5.80. The van der Waals surface area contributed by atoms with E-state index in [0.717, 1.165) is 22.8 Å². The number of ether oxygens (including phenoxy) is 1. The van der Waals surface area contributed by atoms with Gasteiger partial charge in [0.1, 0.15) is 11.9 Å². The normalized spacial score (nSPS) is 18.8. The molecule has 3 N–H and O–H groups in total. The number of alkyl halides is 6. The number of carbonyl (C=O) groups is 1. The molecule has 36 heavy (non-hydrogen) atoms. The molecule has 1 fully saturated rings. The van der Waals surface area contributed by atoms with Crippen molar-refractivity contribution >= 4 is 11.8 Å². The number of nitrogens with two attached hydrogens (primary N) is 1. The van der Waals surface area contributed by atoms with Crippen LogP contribution in [0.1, 0.15) is 30.7 Å². The summed E-state index contributed by atoms with van der Waals surface area (Å²) in [5, 5.41) is 9.82. The van der Waals surface area contributed by atoms with Gasteiger partial charge in [-0.05, 0) is 24.3 Å². The lowest BCUT2D eigenvalue weighted by atomic mass is 10.0. The van der Waals surface area contributed by atoms with Gasteiger partial charge in [-0.1, -0.05) is 12.1 Å². The van der Waals surface area contributed by atoms with Crippen molar-refractivity contribution in [1.82, 2.24) is 14.5 Å². The van der Waals surface area contributed by atoms with Crippen LogP contribution in [0.25, 0.3) is 22.5 Å². The van der Waals surface area contributed by atoms with Gasteiger partial charge >= 0.3 is 18.3 Å². The standard InChI is InChI=1S/C23H20F6N4O3/c24-22(25,26)14-3-1-2-13(8-14)20-19(12-4-6-31-17(30)9-12)32-21(23(27,28)29)33(20)7-5-16-10-15(34)11-18(35)36-16/h1-4,6,8-9,15-16,34H,5,7,10-11H2,(H2,30,31)/t15-,16+/m1/s1. The first-order valence-electron chi connectivity index (χ1n) is 10.8. The Morgan fingerprint density at radius 3 is 2.47 bits per heavy atom. The van der Waals surface area contributed by atoms with Crippen LogP contribution in [-0.4, -0.2) is 37.8 Å². The van der Waals surface area contributed by atoms with E-state index in [-0.39, 0.29) is 47.6 Å². The van der Waals surface area contributed by atoms with E-state index in [2.05, 4.69) is 9.97 Å². The quantitative estimate of drug-likeness (QED) is 0.378. The smallest absolute Gasteiger partial charge is 0.449 e. The SMILES string of the molecule is Nc1cc(-c2nc(C(F)(F)F)n(CC[C@H]3C[C@@H](O)CC(=O)O3)c2-c2cccc(C(F)(F)F)c2)ccn1. The lowest BCUT2D eigenvalue weighted by molar-refractivity contribution is -0.161. The van der Waals surface area contributed by atoms with Gasteiger partial charge in [-0.25, -0.2) is 9.97 Å². The van der Waals surface area contributed by atoms with E-state index in [1.165, 1.54) is 24.4 Å². The van der Waals surface area contributed by atoms with E-state index >= 15 is 0 Å². The number of pyridine rings is 1. The summed E-state index contributed by atoms with van der Waals surface area (Å²) in [6, 6.07) is 6.50. The third kappa shape index (κ3) is 5.45. The molecule has 3 aromatic rings. The van der Waals surface area contributed by atoms with Crippen molar-refractivity contribution in [1.29, 1.82) is 0 Å². The van der Waals surface area contributed by atoms with Crippen LogP contribution in [0.4, 0.5) is 32.2 Å². The number of hydrogen-bond donors (Lipinski definition) is 2. The maximum absolute atomic E-state index is 14.1. The van der Waals surface area contributed by atoms with Gasteiger partial charge in [-0.2, -0.15) is 26.3 Å². The molecule has 13 heteroatoms. The van der Waals surface area contributed by atoms with E-state index in [9.17, 15) is 36.2 Å². The van der Waals surface area contributed by atoms with E-state index < -0.39 is 48.5 Å². The van der Waals surface area contributed by atoms with Crippen LogP contribution in [0.5, 0.6) is 0 Å². The molecule has 7 nitrogen and oxygen atoms in total. The van der Waals surface area contributed by atoms with E-state index in [4.69, 9.17) is 10.5 Å². The molecule has 2 aromatic heterocycles. The summed E-state index contributed by atoms with van der Waals surface area (Å²) in [7, 11) is 0. The number of carbonyl (C=O) groups excluding carboxylic acids is 1.